The second-order valence-electron chi connectivity index (χ2n) is 3.84. The molecule has 0 fully saturated rings. The standard InChI is InChI=1S/C13H12Cl2N2O/c14-11-2-1-9(12(15)7-11)4-6-17-13(18)10-3-5-16-8-10/h1-3,5,7-8,16H,4,6H2,(H,17,18). The highest BCUT2D eigenvalue weighted by Gasteiger charge is 2.06. The molecular weight excluding hydrogens is 271 g/mol. The van der Waals surface area contributed by atoms with Gasteiger partial charge in [-0.3, -0.25) is 4.79 Å². The Morgan fingerprint density at radius 2 is 2.11 bits per heavy atom. The van der Waals surface area contributed by atoms with Crippen LogP contribution in [-0.4, -0.2) is 17.4 Å². The molecule has 0 saturated carbocycles. The van der Waals surface area contributed by atoms with Crippen molar-refractivity contribution < 1.29 is 4.79 Å². The van der Waals surface area contributed by atoms with E-state index in [0.29, 0.717) is 28.6 Å². The molecule has 0 aliphatic rings. The predicted octanol–water partition coefficient (Wildman–Crippen LogP) is 3.29. The number of hydrogen-bond donors (Lipinski definition) is 2. The van der Waals surface area contributed by atoms with Crippen LogP contribution in [0, 0.1) is 0 Å². The van der Waals surface area contributed by atoms with Gasteiger partial charge in [0.1, 0.15) is 0 Å². The fourth-order valence-corrected chi connectivity index (χ4v) is 2.11. The van der Waals surface area contributed by atoms with Gasteiger partial charge in [-0.2, -0.15) is 0 Å². The average Bonchev–Trinajstić information content (AvgIpc) is 2.85. The molecule has 0 spiro atoms. The smallest absolute Gasteiger partial charge is 0.252 e. The van der Waals surface area contributed by atoms with Gasteiger partial charge in [-0.1, -0.05) is 29.3 Å². The van der Waals surface area contributed by atoms with Crippen LogP contribution in [0.3, 0.4) is 0 Å². The quantitative estimate of drug-likeness (QED) is 0.888. The maximum atomic E-state index is 11.6. The van der Waals surface area contributed by atoms with Gasteiger partial charge < -0.3 is 10.3 Å². The van der Waals surface area contributed by atoms with E-state index in [-0.39, 0.29) is 5.91 Å². The monoisotopic (exact) mass is 282 g/mol. The number of halogens is 2. The summed E-state index contributed by atoms with van der Waals surface area (Å²) in [4.78, 5) is 14.5. The predicted molar refractivity (Wildman–Crippen MR) is 73.3 cm³/mol. The fourth-order valence-electron chi connectivity index (χ4n) is 1.60. The molecule has 1 aromatic heterocycles. The summed E-state index contributed by atoms with van der Waals surface area (Å²) in [5.74, 6) is -0.0960. The summed E-state index contributed by atoms with van der Waals surface area (Å²) >= 11 is 11.9. The van der Waals surface area contributed by atoms with E-state index in [1.54, 1.807) is 30.6 Å². The molecule has 3 nitrogen and oxygen atoms in total. The van der Waals surface area contributed by atoms with Gasteiger partial charge in [-0.05, 0) is 30.2 Å². The van der Waals surface area contributed by atoms with Crippen molar-refractivity contribution in [2.75, 3.05) is 6.54 Å². The van der Waals surface area contributed by atoms with E-state index >= 15 is 0 Å². The maximum Gasteiger partial charge on any atom is 0.252 e. The van der Waals surface area contributed by atoms with Crippen LogP contribution in [0.4, 0.5) is 0 Å². The van der Waals surface area contributed by atoms with Gasteiger partial charge in [-0.25, -0.2) is 0 Å². The second-order valence-corrected chi connectivity index (χ2v) is 4.68. The number of carbonyl (C=O) groups excluding carboxylic acids is 1. The lowest BCUT2D eigenvalue weighted by Crippen LogP contribution is -2.25. The van der Waals surface area contributed by atoms with Crippen molar-refractivity contribution in [2.24, 2.45) is 0 Å². The van der Waals surface area contributed by atoms with Gasteiger partial charge in [-0.15, -0.1) is 0 Å². The van der Waals surface area contributed by atoms with Crippen LogP contribution >= 0.6 is 23.2 Å². The number of benzene rings is 1. The summed E-state index contributed by atoms with van der Waals surface area (Å²) in [7, 11) is 0. The molecule has 0 atom stereocenters. The lowest BCUT2D eigenvalue weighted by molar-refractivity contribution is 0.0954. The number of aromatic amines is 1. The number of H-pyrrole nitrogens is 1. The summed E-state index contributed by atoms with van der Waals surface area (Å²) in [6.45, 7) is 0.533. The highest BCUT2D eigenvalue weighted by atomic mass is 35.5. The van der Waals surface area contributed by atoms with Crippen LogP contribution in [0.25, 0.3) is 0 Å². The Bertz CT molecular complexity index is 538. The zero-order chi connectivity index (χ0) is 13.0. The fraction of sp³-hybridized carbons (Fsp3) is 0.154. The summed E-state index contributed by atoms with van der Waals surface area (Å²) in [5, 5.41) is 4.06. The Morgan fingerprint density at radius 3 is 2.78 bits per heavy atom. The first kappa shape index (κ1) is 13.0. The van der Waals surface area contributed by atoms with Crippen molar-refractivity contribution in [3.05, 3.63) is 57.8 Å². The summed E-state index contributed by atoms with van der Waals surface area (Å²) in [6, 6.07) is 7.08. The summed E-state index contributed by atoms with van der Waals surface area (Å²) in [6.07, 6.45) is 4.04. The highest BCUT2D eigenvalue weighted by Crippen LogP contribution is 2.21. The van der Waals surface area contributed by atoms with E-state index < -0.39 is 0 Å². The molecule has 5 heteroatoms. The Hall–Kier alpha value is -1.45. The van der Waals surface area contributed by atoms with Gasteiger partial charge in [0.2, 0.25) is 0 Å². The van der Waals surface area contributed by atoms with Crippen molar-refractivity contribution in [3.8, 4) is 0 Å². The van der Waals surface area contributed by atoms with E-state index in [1.807, 2.05) is 6.07 Å². The van der Waals surface area contributed by atoms with Crippen LogP contribution in [-0.2, 0) is 6.42 Å². The maximum absolute atomic E-state index is 11.6. The van der Waals surface area contributed by atoms with Crippen LogP contribution in [0.1, 0.15) is 15.9 Å². The SMILES string of the molecule is O=C(NCCc1ccc(Cl)cc1Cl)c1cc[nH]c1. The minimum atomic E-state index is -0.0960. The van der Waals surface area contributed by atoms with E-state index in [9.17, 15) is 4.79 Å². The molecule has 0 aliphatic carbocycles. The first-order valence-corrected chi connectivity index (χ1v) is 6.27. The van der Waals surface area contributed by atoms with Crippen molar-refractivity contribution in [3.63, 3.8) is 0 Å². The number of nitrogens with one attached hydrogen (secondary N) is 2. The third-order valence-electron chi connectivity index (χ3n) is 2.56. The number of hydrogen-bond acceptors (Lipinski definition) is 1. The molecule has 0 bridgehead atoms. The van der Waals surface area contributed by atoms with Crippen molar-refractivity contribution >= 4 is 29.1 Å². The highest BCUT2D eigenvalue weighted by molar-refractivity contribution is 6.35. The minimum absolute atomic E-state index is 0.0960. The zero-order valence-electron chi connectivity index (χ0n) is 9.54. The molecule has 18 heavy (non-hydrogen) atoms. The molecule has 0 radical (unpaired) electrons. The van der Waals surface area contributed by atoms with E-state index in [2.05, 4.69) is 10.3 Å². The van der Waals surface area contributed by atoms with E-state index in [4.69, 9.17) is 23.2 Å². The first-order valence-electron chi connectivity index (χ1n) is 5.52. The van der Waals surface area contributed by atoms with Crippen molar-refractivity contribution in [2.45, 2.75) is 6.42 Å². The molecular formula is C13H12Cl2N2O. The van der Waals surface area contributed by atoms with Crippen molar-refractivity contribution in [1.82, 2.24) is 10.3 Å². The molecule has 2 rings (SSSR count). The average molecular weight is 283 g/mol. The molecule has 0 saturated heterocycles. The summed E-state index contributed by atoms with van der Waals surface area (Å²) in [5.41, 5.74) is 1.59. The van der Waals surface area contributed by atoms with Crippen LogP contribution in [0.15, 0.2) is 36.7 Å². The Morgan fingerprint density at radius 1 is 1.28 bits per heavy atom. The normalized spacial score (nSPS) is 10.3. The van der Waals surface area contributed by atoms with Crippen molar-refractivity contribution in [1.29, 1.82) is 0 Å². The minimum Gasteiger partial charge on any atom is -0.367 e. The van der Waals surface area contributed by atoms with E-state index in [0.717, 1.165) is 5.56 Å². The lowest BCUT2D eigenvalue weighted by atomic mass is 10.1. The molecule has 2 aromatic rings. The zero-order valence-corrected chi connectivity index (χ0v) is 11.1. The molecule has 1 aromatic carbocycles. The Balaban J connectivity index is 1.87. The first-order chi connectivity index (χ1) is 8.66. The summed E-state index contributed by atoms with van der Waals surface area (Å²) < 4.78 is 0. The largest absolute Gasteiger partial charge is 0.367 e. The number of aromatic nitrogens is 1. The molecule has 94 valence electrons. The third kappa shape index (κ3) is 3.28. The molecule has 0 aliphatic heterocycles. The van der Waals surface area contributed by atoms with Gasteiger partial charge in [0.25, 0.3) is 5.91 Å². The molecule has 1 amide bonds. The van der Waals surface area contributed by atoms with Gasteiger partial charge in [0.05, 0.1) is 5.56 Å². The van der Waals surface area contributed by atoms with Gasteiger partial charge in [0, 0.05) is 29.0 Å². The Kier molecular flexibility index (Phi) is 4.28. The Labute approximate surface area is 115 Å². The number of carbonyl (C=O) groups is 1. The molecule has 1 heterocycles. The topological polar surface area (TPSA) is 44.9 Å². The van der Waals surface area contributed by atoms with E-state index in [1.165, 1.54) is 0 Å². The number of amides is 1. The lowest BCUT2D eigenvalue weighted by Gasteiger charge is -2.06. The van der Waals surface area contributed by atoms with Crippen LogP contribution in [0.5, 0.6) is 0 Å². The van der Waals surface area contributed by atoms with Gasteiger partial charge >= 0.3 is 0 Å². The van der Waals surface area contributed by atoms with Crippen LogP contribution in [0.2, 0.25) is 10.0 Å². The van der Waals surface area contributed by atoms with Gasteiger partial charge in [0.15, 0.2) is 0 Å². The molecule has 2 N–H and O–H groups in total. The number of rotatable bonds is 4. The molecule has 0 unspecified atom stereocenters. The second kappa shape index (κ2) is 5.94. The third-order valence-corrected chi connectivity index (χ3v) is 3.14. The van der Waals surface area contributed by atoms with Crippen LogP contribution < -0.4 is 5.32 Å².